The van der Waals surface area contributed by atoms with E-state index in [1.54, 1.807) is 12.1 Å². The number of nitrogens with zero attached hydrogens (tertiary/aromatic N) is 2. The van der Waals surface area contributed by atoms with Crippen molar-refractivity contribution in [1.29, 1.82) is 0 Å². The molecule has 1 N–H and O–H groups in total. The minimum atomic E-state index is -3.89. The second-order valence-electron chi connectivity index (χ2n) is 8.65. The summed E-state index contributed by atoms with van der Waals surface area (Å²) in [7, 11) is -2.48. The molecule has 0 saturated heterocycles. The molecule has 0 saturated carbocycles. The van der Waals surface area contributed by atoms with Crippen molar-refractivity contribution in [3.05, 3.63) is 59.1 Å². The van der Waals surface area contributed by atoms with Crippen molar-refractivity contribution in [1.82, 2.24) is 10.2 Å². The van der Waals surface area contributed by atoms with Gasteiger partial charge in [0.05, 0.1) is 19.1 Å². The average Bonchev–Trinajstić information content (AvgIpc) is 2.84. The molecule has 10 heteroatoms. The summed E-state index contributed by atoms with van der Waals surface area (Å²) < 4.78 is 31.9. The second-order valence-corrected chi connectivity index (χ2v) is 11.0. The molecule has 0 aliphatic rings. The van der Waals surface area contributed by atoms with Gasteiger partial charge in [0.2, 0.25) is 21.8 Å². The number of nitrogens with one attached hydrogen (secondary N) is 1. The Morgan fingerprint density at radius 2 is 1.75 bits per heavy atom. The van der Waals surface area contributed by atoms with Crippen molar-refractivity contribution < 1.29 is 22.7 Å². The predicted octanol–water partition coefficient (Wildman–Crippen LogP) is 3.88. The zero-order valence-corrected chi connectivity index (χ0v) is 23.1. The Balaban J connectivity index is 2.43. The van der Waals surface area contributed by atoms with E-state index in [9.17, 15) is 18.0 Å². The highest BCUT2D eigenvalue weighted by atomic mass is 35.5. The van der Waals surface area contributed by atoms with E-state index in [4.69, 9.17) is 16.3 Å². The smallest absolute Gasteiger partial charge is 0.244 e. The summed E-state index contributed by atoms with van der Waals surface area (Å²) in [5.41, 5.74) is 1.16. The van der Waals surface area contributed by atoms with Crippen molar-refractivity contribution in [3.8, 4) is 5.75 Å². The SMILES string of the molecule is CCC(C)NC(=O)C(CC)N(CCc1ccccc1)C(=O)CN(c1cc(Cl)ccc1OC)S(C)(=O)=O. The second kappa shape index (κ2) is 13.5. The number of benzene rings is 2. The van der Waals surface area contributed by atoms with Crippen LogP contribution in [0, 0.1) is 0 Å². The Labute approximate surface area is 219 Å². The van der Waals surface area contributed by atoms with Crippen molar-refractivity contribution >= 4 is 39.1 Å². The number of carbonyl (C=O) groups is 2. The Hall–Kier alpha value is -2.78. The van der Waals surface area contributed by atoms with E-state index in [1.807, 2.05) is 51.1 Å². The third kappa shape index (κ3) is 8.13. The van der Waals surface area contributed by atoms with Crippen molar-refractivity contribution in [2.45, 2.75) is 52.1 Å². The van der Waals surface area contributed by atoms with Gasteiger partial charge in [0.25, 0.3) is 0 Å². The van der Waals surface area contributed by atoms with Crippen LogP contribution >= 0.6 is 11.6 Å². The number of halogens is 1. The van der Waals surface area contributed by atoms with Crippen LogP contribution in [0.4, 0.5) is 5.69 Å². The van der Waals surface area contributed by atoms with Gasteiger partial charge in [-0.15, -0.1) is 0 Å². The van der Waals surface area contributed by atoms with Crippen LogP contribution in [0.25, 0.3) is 0 Å². The number of hydrogen-bond donors (Lipinski definition) is 1. The first-order valence-electron chi connectivity index (χ1n) is 12.0. The summed E-state index contributed by atoms with van der Waals surface area (Å²) in [6.45, 7) is 5.44. The maximum Gasteiger partial charge on any atom is 0.244 e. The lowest BCUT2D eigenvalue weighted by molar-refractivity contribution is -0.139. The van der Waals surface area contributed by atoms with E-state index >= 15 is 0 Å². The summed E-state index contributed by atoms with van der Waals surface area (Å²) in [5.74, 6) is -0.501. The number of methoxy groups -OCH3 is 1. The molecule has 36 heavy (non-hydrogen) atoms. The zero-order valence-electron chi connectivity index (χ0n) is 21.5. The van der Waals surface area contributed by atoms with Gasteiger partial charge in [-0.3, -0.25) is 13.9 Å². The molecule has 0 fully saturated rings. The van der Waals surface area contributed by atoms with Gasteiger partial charge < -0.3 is 15.0 Å². The Kier molecular flexibility index (Phi) is 11.0. The van der Waals surface area contributed by atoms with E-state index < -0.39 is 28.5 Å². The molecule has 0 radical (unpaired) electrons. The van der Waals surface area contributed by atoms with E-state index in [1.165, 1.54) is 18.1 Å². The van der Waals surface area contributed by atoms with Crippen molar-refractivity contribution in [2.75, 3.05) is 30.8 Å². The number of anilines is 1. The van der Waals surface area contributed by atoms with Gasteiger partial charge in [-0.05, 0) is 49.9 Å². The molecule has 2 amide bonds. The molecule has 0 spiro atoms. The molecule has 0 aliphatic carbocycles. The molecule has 0 aliphatic heterocycles. The molecule has 0 bridgehead atoms. The first-order valence-corrected chi connectivity index (χ1v) is 14.2. The monoisotopic (exact) mass is 537 g/mol. The number of rotatable bonds is 13. The molecule has 2 atom stereocenters. The lowest BCUT2D eigenvalue weighted by atomic mass is 10.1. The topological polar surface area (TPSA) is 96.0 Å². The summed E-state index contributed by atoms with van der Waals surface area (Å²) in [5, 5.41) is 3.25. The summed E-state index contributed by atoms with van der Waals surface area (Å²) >= 11 is 6.14. The molecule has 8 nitrogen and oxygen atoms in total. The third-order valence-electron chi connectivity index (χ3n) is 5.96. The molecule has 2 rings (SSSR count). The predicted molar refractivity (Wildman–Crippen MR) is 144 cm³/mol. The van der Waals surface area contributed by atoms with E-state index in [0.29, 0.717) is 17.9 Å². The molecule has 2 aromatic carbocycles. The number of carbonyl (C=O) groups excluding carboxylic acids is 2. The van der Waals surface area contributed by atoms with E-state index in [0.717, 1.165) is 22.5 Å². The maximum atomic E-state index is 13.7. The van der Waals surface area contributed by atoms with Gasteiger partial charge in [-0.1, -0.05) is 55.8 Å². The normalized spacial score (nSPS) is 12.9. The molecular formula is C26H36ClN3O5S. The Morgan fingerprint density at radius 3 is 2.31 bits per heavy atom. The minimum absolute atomic E-state index is 0.0548. The summed E-state index contributed by atoms with van der Waals surface area (Å²) in [6, 6.07) is 13.4. The first kappa shape index (κ1) is 29.5. The van der Waals surface area contributed by atoms with Crippen LogP contribution in [-0.4, -0.2) is 63.7 Å². The van der Waals surface area contributed by atoms with Gasteiger partial charge >= 0.3 is 0 Å². The summed E-state index contributed by atoms with van der Waals surface area (Å²) in [4.78, 5) is 28.3. The van der Waals surface area contributed by atoms with Crippen LogP contribution in [0.15, 0.2) is 48.5 Å². The number of amides is 2. The van der Waals surface area contributed by atoms with E-state index in [2.05, 4.69) is 5.32 Å². The average molecular weight is 538 g/mol. The van der Waals surface area contributed by atoms with Crippen molar-refractivity contribution in [3.63, 3.8) is 0 Å². The summed E-state index contributed by atoms with van der Waals surface area (Å²) in [6.07, 6.45) is 2.65. The maximum absolute atomic E-state index is 13.7. The molecular weight excluding hydrogens is 502 g/mol. The highest BCUT2D eigenvalue weighted by Crippen LogP contribution is 2.33. The highest BCUT2D eigenvalue weighted by molar-refractivity contribution is 7.92. The molecule has 198 valence electrons. The van der Waals surface area contributed by atoms with E-state index in [-0.39, 0.29) is 29.9 Å². The zero-order chi connectivity index (χ0) is 26.9. The number of sulfonamides is 1. The first-order chi connectivity index (χ1) is 17.0. The fraction of sp³-hybridized carbons (Fsp3) is 0.462. The molecule has 0 aromatic heterocycles. The fourth-order valence-electron chi connectivity index (χ4n) is 3.79. The van der Waals surface area contributed by atoms with Gasteiger partial charge in [0.15, 0.2) is 0 Å². The van der Waals surface area contributed by atoms with Crippen LogP contribution in [0.3, 0.4) is 0 Å². The number of hydrogen-bond acceptors (Lipinski definition) is 5. The van der Waals surface area contributed by atoms with Gasteiger partial charge in [0.1, 0.15) is 18.3 Å². The molecule has 2 unspecified atom stereocenters. The van der Waals surface area contributed by atoms with Gasteiger partial charge in [-0.25, -0.2) is 8.42 Å². The van der Waals surface area contributed by atoms with Crippen LogP contribution < -0.4 is 14.4 Å². The minimum Gasteiger partial charge on any atom is -0.495 e. The van der Waals surface area contributed by atoms with Gasteiger partial charge in [-0.2, -0.15) is 0 Å². The molecule has 2 aromatic rings. The van der Waals surface area contributed by atoms with Crippen LogP contribution in [0.5, 0.6) is 5.75 Å². The highest BCUT2D eigenvalue weighted by Gasteiger charge is 2.32. The Morgan fingerprint density at radius 1 is 1.08 bits per heavy atom. The molecule has 0 heterocycles. The van der Waals surface area contributed by atoms with Crippen molar-refractivity contribution in [2.24, 2.45) is 0 Å². The Bertz CT molecular complexity index is 1130. The fourth-order valence-corrected chi connectivity index (χ4v) is 4.80. The number of ether oxygens (including phenoxy) is 1. The third-order valence-corrected chi connectivity index (χ3v) is 7.32. The lowest BCUT2D eigenvalue weighted by Gasteiger charge is -2.33. The largest absolute Gasteiger partial charge is 0.495 e. The lowest BCUT2D eigenvalue weighted by Crippen LogP contribution is -2.54. The van der Waals surface area contributed by atoms with Crippen LogP contribution in [0.2, 0.25) is 5.02 Å². The quantitative estimate of drug-likeness (QED) is 0.418. The van der Waals surface area contributed by atoms with Crippen LogP contribution in [0.1, 0.15) is 39.2 Å². The standard InChI is InChI=1S/C26H36ClN3O5S/c1-6-19(3)28-26(32)22(7-2)29(16-15-20-11-9-8-10-12-20)25(31)18-30(36(5,33)34)23-17-21(27)13-14-24(23)35-4/h8-14,17,19,22H,6-7,15-16,18H2,1-5H3,(H,28,32). The van der Waals surface area contributed by atoms with Gasteiger partial charge in [0, 0.05) is 17.6 Å². The van der Waals surface area contributed by atoms with Crippen LogP contribution in [-0.2, 0) is 26.0 Å².